The number of halogens is 2. The first kappa shape index (κ1) is 17.8. The zero-order valence-electron chi connectivity index (χ0n) is 12.8. The van der Waals surface area contributed by atoms with Crippen LogP contribution in [-0.4, -0.2) is 26.5 Å². The number of nitrogens with one attached hydrogen (secondary N) is 2. The van der Waals surface area contributed by atoms with Gasteiger partial charge in [-0.3, -0.25) is 4.79 Å². The highest BCUT2D eigenvalue weighted by molar-refractivity contribution is 7.89. The number of carbonyl (C=O) groups is 1. The summed E-state index contributed by atoms with van der Waals surface area (Å²) in [5.74, 6) is -0.650. The van der Waals surface area contributed by atoms with Crippen LogP contribution in [0.2, 0.25) is 10.0 Å². The van der Waals surface area contributed by atoms with E-state index in [0.717, 1.165) is 0 Å². The van der Waals surface area contributed by atoms with E-state index in [1.165, 1.54) is 43.5 Å². The van der Waals surface area contributed by atoms with Gasteiger partial charge in [-0.25, -0.2) is 13.1 Å². The molecule has 1 heterocycles. The molecule has 0 fully saturated rings. The Kier molecular flexibility index (Phi) is 4.51. The average Bonchev–Trinajstić information content (AvgIpc) is 2.87. The van der Waals surface area contributed by atoms with Crippen molar-refractivity contribution in [3.8, 4) is 5.75 Å². The number of sulfonamides is 1. The topological polar surface area (TPSA) is 95.5 Å². The second kappa shape index (κ2) is 6.34. The van der Waals surface area contributed by atoms with Crippen LogP contribution in [0.4, 0.5) is 5.69 Å². The first-order valence-corrected chi connectivity index (χ1v) is 9.26. The largest absolute Gasteiger partial charge is 0.506 e. The third-order valence-electron chi connectivity index (χ3n) is 3.71. The number of hydrogen-bond acceptors (Lipinski definition) is 4. The molecule has 0 aliphatic carbocycles. The predicted molar refractivity (Wildman–Crippen MR) is 97.3 cm³/mol. The molecule has 2 aromatic carbocycles. The van der Waals surface area contributed by atoms with Crippen molar-refractivity contribution in [2.24, 2.45) is 0 Å². The Balaban J connectivity index is 2.18. The van der Waals surface area contributed by atoms with Crippen LogP contribution in [-0.2, 0) is 14.8 Å². The second-order valence-electron chi connectivity index (χ2n) is 5.25. The van der Waals surface area contributed by atoms with Gasteiger partial charge in [-0.05, 0) is 43.5 Å². The van der Waals surface area contributed by atoms with Crippen LogP contribution in [0.5, 0.6) is 5.75 Å². The van der Waals surface area contributed by atoms with E-state index in [9.17, 15) is 18.3 Å². The van der Waals surface area contributed by atoms with Crippen LogP contribution < -0.4 is 10.0 Å². The van der Waals surface area contributed by atoms with E-state index >= 15 is 0 Å². The first-order valence-electron chi connectivity index (χ1n) is 7.02. The molecule has 0 unspecified atom stereocenters. The lowest BCUT2D eigenvalue weighted by Gasteiger charge is -2.06. The number of amides is 1. The van der Waals surface area contributed by atoms with Crippen molar-refractivity contribution in [1.29, 1.82) is 0 Å². The minimum Gasteiger partial charge on any atom is -0.506 e. The van der Waals surface area contributed by atoms with E-state index in [2.05, 4.69) is 10.0 Å². The number of benzene rings is 2. The zero-order chi connectivity index (χ0) is 18.4. The molecule has 0 saturated heterocycles. The molecule has 3 N–H and O–H groups in total. The van der Waals surface area contributed by atoms with Gasteiger partial charge in [0.2, 0.25) is 10.0 Å². The van der Waals surface area contributed by atoms with Gasteiger partial charge in [0.25, 0.3) is 5.91 Å². The lowest BCUT2D eigenvalue weighted by Crippen LogP contribution is -2.18. The number of anilines is 1. The van der Waals surface area contributed by atoms with E-state index < -0.39 is 15.9 Å². The Hall–Kier alpha value is -2.06. The molecule has 0 saturated carbocycles. The molecular formula is C16H12Cl2N2O4S. The number of aromatic hydroxyl groups is 1. The summed E-state index contributed by atoms with van der Waals surface area (Å²) in [5, 5.41) is 13.0. The summed E-state index contributed by atoms with van der Waals surface area (Å²) in [6, 6.07) is 7.11. The third-order valence-corrected chi connectivity index (χ3v) is 5.63. The Bertz CT molecular complexity index is 1030. The van der Waals surface area contributed by atoms with Crippen molar-refractivity contribution in [3.63, 3.8) is 0 Å². The maximum Gasteiger partial charge on any atom is 0.256 e. The highest BCUT2D eigenvalue weighted by Gasteiger charge is 2.26. The molecule has 0 bridgehead atoms. The van der Waals surface area contributed by atoms with Gasteiger partial charge in [0.05, 0.1) is 9.92 Å². The lowest BCUT2D eigenvalue weighted by molar-refractivity contribution is -0.110. The van der Waals surface area contributed by atoms with Gasteiger partial charge in [-0.1, -0.05) is 23.2 Å². The fourth-order valence-corrected chi connectivity index (χ4v) is 3.71. The molecule has 9 heteroatoms. The van der Waals surface area contributed by atoms with E-state index in [1.807, 2.05) is 0 Å². The Labute approximate surface area is 154 Å². The van der Waals surface area contributed by atoms with E-state index in [0.29, 0.717) is 16.3 Å². The molecule has 25 heavy (non-hydrogen) atoms. The van der Waals surface area contributed by atoms with E-state index in [1.54, 1.807) is 0 Å². The summed E-state index contributed by atoms with van der Waals surface area (Å²) in [7, 11) is -2.36. The van der Waals surface area contributed by atoms with Crippen LogP contribution in [0, 0.1) is 0 Å². The summed E-state index contributed by atoms with van der Waals surface area (Å²) in [4.78, 5) is 12.3. The lowest BCUT2D eigenvalue weighted by atomic mass is 10.0. The fraction of sp³-hybridized carbons (Fsp3) is 0.0625. The fourth-order valence-electron chi connectivity index (χ4n) is 2.45. The van der Waals surface area contributed by atoms with Crippen LogP contribution in [0.3, 0.4) is 0 Å². The first-order chi connectivity index (χ1) is 11.7. The van der Waals surface area contributed by atoms with Crippen LogP contribution >= 0.6 is 23.2 Å². The minimum absolute atomic E-state index is 0.0181. The smallest absolute Gasteiger partial charge is 0.256 e. The van der Waals surface area contributed by atoms with E-state index in [-0.39, 0.29) is 26.8 Å². The molecule has 6 nitrogen and oxygen atoms in total. The number of hydrogen-bond donors (Lipinski definition) is 3. The maximum atomic E-state index is 12.3. The zero-order valence-corrected chi connectivity index (χ0v) is 15.1. The van der Waals surface area contributed by atoms with Crippen molar-refractivity contribution < 1.29 is 18.3 Å². The van der Waals surface area contributed by atoms with Gasteiger partial charge in [-0.15, -0.1) is 0 Å². The molecular weight excluding hydrogens is 387 g/mol. The number of carbonyl (C=O) groups excluding carboxylic acids is 1. The number of phenols is 1. The third kappa shape index (κ3) is 3.23. The Morgan fingerprint density at radius 1 is 1.20 bits per heavy atom. The number of phenolic OH excluding ortho intramolecular Hbond substituents is 1. The SMILES string of the molecule is CNS(=O)(=O)c1ccc2c(c1)C(=Cc1cc(Cl)cc(Cl)c1O)C(=O)N2. The molecule has 3 rings (SSSR count). The highest BCUT2D eigenvalue weighted by atomic mass is 35.5. The van der Waals surface area contributed by atoms with Crippen molar-refractivity contribution in [1.82, 2.24) is 4.72 Å². The quantitative estimate of drug-likeness (QED) is 0.692. The van der Waals surface area contributed by atoms with Gasteiger partial charge in [0.1, 0.15) is 5.75 Å². The number of rotatable bonds is 3. The summed E-state index contributed by atoms with van der Waals surface area (Å²) in [6.07, 6.45) is 1.41. The van der Waals surface area contributed by atoms with Crippen molar-refractivity contribution in [2.45, 2.75) is 4.90 Å². The normalized spacial score (nSPS) is 15.3. The minimum atomic E-state index is -3.66. The van der Waals surface area contributed by atoms with Crippen LogP contribution in [0.1, 0.15) is 11.1 Å². The number of fused-ring (bicyclic) bond motifs is 1. The monoisotopic (exact) mass is 398 g/mol. The van der Waals surface area contributed by atoms with Gasteiger partial charge < -0.3 is 10.4 Å². The summed E-state index contributed by atoms with van der Waals surface area (Å²) in [6.45, 7) is 0. The van der Waals surface area contributed by atoms with Crippen molar-refractivity contribution >= 4 is 56.5 Å². The maximum absolute atomic E-state index is 12.3. The molecule has 0 aromatic heterocycles. The van der Waals surface area contributed by atoms with Crippen LogP contribution in [0.15, 0.2) is 35.2 Å². The molecule has 0 spiro atoms. The summed E-state index contributed by atoms with van der Waals surface area (Å²) >= 11 is 11.8. The van der Waals surface area contributed by atoms with Gasteiger partial charge >= 0.3 is 0 Å². The summed E-state index contributed by atoms with van der Waals surface area (Å²) in [5.41, 5.74) is 1.31. The molecule has 130 valence electrons. The standard InChI is InChI=1S/C16H12Cl2N2O4S/c1-19-25(23,24)10-2-3-14-11(7-10)12(16(22)20-14)5-8-4-9(17)6-13(18)15(8)21/h2-7,19,21H,1H3,(H,20,22). The van der Waals surface area contributed by atoms with Crippen molar-refractivity contribution in [3.05, 3.63) is 51.5 Å². The molecule has 1 aliphatic rings. The molecule has 0 radical (unpaired) electrons. The average molecular weight is 399 g/mol. The van der Waals surface area contributed by atoms with Gasteiger partial charge in [-0.2, -0.15) is 0 Å². The van der Waals surface area contributed by atoms with Crippen LogP contribution in [0.25, 0.3) is 11.6 Å². The summed E-state index contributed by atoms with van der Waals surface area (Å²) < 4.78 is 26.2. The predicted octanol–water partition coefficient (Wildman–Crippen LogP) is 3.10. The molecule has 1 aliphatic heterocycles. The Morgan fingerprint density at radius 3 is 2.60 bits per heavy atom. The molecule has 1 amide bonds. The Morgan fingerprint density at radius 2 is 1.92 bits per heavy atom. The van der Waals surface area contributed by atoms with E-state index in [4.69, 9.17) is 23.2 Å². The second-order valence-corrected chi connectivity index (χ2v) is 7.98. The van der Waals surface area contributed by atoms with Gasteiger partial charge in [0, 0.05) is 27.4 Å². The molecule has 0 atom stereocenters. The highest BCUT2D eigenvalue weighted by Crippen LogP contribution is 2.38. The molecule has 2 aromatic rings. The van der Waals surface area contributed by atoms with Gasteiger partial charge in [0.15, 0.2) is 0 Å². The van der Waals surface area contributed by atoms with Crippen molar-refractivity contribution in [2.75, 3.05) is 12.4 Å².